The number of carboxylic acids is 1. The molecule has 0 radical (unpaired) electrons. The Bertz CT molecular complexity index is 519. The van der Waals surface area contributed by atoms with Gasteiger partial charge in [0, 0.05) is 18.7 Å². The molecular weight excluding hydrogens is 242 g/mol. The predicted octanol–water partition coefficient (Wildman–Crippen LogP) is 0.205. The van der Waals surface area contributed by atoms with E-state index in [4.69, 9.17) is 10.2 Å². The van der Waals surface area contributed by atoms with Crippen LogP contribution in [0.4, 0.5) is 0 Å². The molecule has 0 aromatic carbocycles. The number of aromatic nitrogens is 1. The highest BCUT2D eigenvalue weighted by atomic mass is 16.5. The summed E-state index contributed by atoms with van der Waals surface area (Å²) in [6.45, 7) is 1.75. The third-order valence-corrected chi connectivity index (χ3v) is 2.18. The normalized spacial score (nSPS) is 10.1. The van der Waals surface area contributed by atoms with Gasteiger partial charge in [-0.05, 0) is 6.92 Å². The highest BCUT2D eigenvalue weighted by molar-refractivity contribution is 5.86. The molecular formula is C11H13NO6. The van der Waals surface area contributed by atoms with E-state index in [-0.39, 0.29) is 25.3 Å². The van der Waals surface area contributed by atoms with Crippen LogP contribution in [0.3, 0.4) is 0 Å². The van der Waals surface area contributed by atoms with Crippen LogP contribution in [0.15, 0.2) is 16.9 Å². The van der Waals surface area contributed by atoms with Crippen molar-refractivity contribution in [3.05, 3.63) is 28.2 Å². The number of carboxylic acid groups (broad SMARTS) is 1. The fourth-order valence-corrected chi connectivity index (χ4v) is 1.43. The molecule has 0 bridgehead atoms. The minimum Gasteiger partial charge on any atom is -0.508 e. The zero-order chi connectivity index (χ0) is 13.7. The Morgan fingerprint density at radius 1 is 1.39 bits per heavy atom. The lowest BCUT2D eigenvalue weighted by Crippen LogP contribution is -2.26. The molecule has 0 unspecified atom stereocenters. The molecule has 0 fully saturated rings. The molecule has 98 valence electrons. The highest BCUT2D eigenvalue weighted by Gasteiger charge is 2.14. The van der Waals surface area contributed by atoms with Crippen molar-refractivity contribution in [2.45, 2.75) is 19.9 Å². The van der Waals surface area contributed by atoms with Gasteiger partial charge in [0.15, 0.2) is 0 Å². The third kappa shape index (κ3) is 3.34. The summed E-state index contributed by atoms with van der Waals surface area (Å²) in [7, 11) is 0. The van der Waals surface area contributed by atoms with Crippen LogP contribution in [0.2, 0.25) is 0 Å². The quantitative estimate of drug-likeness (QED) is 0.728. The fraction of sp³-hybridized carbons (Fsp3) is 0.364. The number of carbonyl (C=O) groups excluding carboxylic acids is 1. The molecule has 0 atom stereocenters. The van der Waals surface area contributed by atoms with E-state index in [1.807, 2.05) is 0 Å². The highest BCUT2D eigenvalue weighted by Crippen LogP contribution is 2.09. The molecule has 1 aromatic heterocycles. The summed E-state index contributed by atoms with van der Waals surface area (Å²) in [4.78, 5) is 33.6. The fourth-order valence-electron chi connectivity index (χ4n) is 1.43. The number of hydrogen-bond donors (Lipinski definition) is 2. The van der Waals surface area contributed by atoms with Gasteiger partial charge in [0.25, 0.3) is 5.56 Å². The first kappa shape index (κ1) is 13.8. The standard InChI is InChI=1S/C11H13NO6/c1-2-18-10(15)3-4-12-8(11(16)17)5-7(13)6-9(12)14/h5-6,13H,2-4H2,1H3,(H,16,17). The molecule has 0 saturated heterocycles. The zero-order valence-corrected chi connectivity index (χ0v) is 9.75. The Labute approximate surface area is 102 Å². The lowest BCUT2D eigenvalue weighted by atomic mass is 10.3. The molecule has 0 saturated carbocycles. The predicted molar refractivity (Wildman–Crippen MR) is 60.6 cm³/mol. The van der Waals surface area contributed by atoms with Crippen LogP contribution in [-0.4, -0.2) is 33.3 Å². The van der Waals surface area contributed by atoms with Gasteiger partial charge in [-0.15, -0.1) is 0 Å². The van der Waals surface area contributed by atoms with Crippen LogP contribution in [-0.2, 0) is 16.1 Å². The lowest BCUT2D eigenvalue weighted by Gasteiger charge is -2.09. The number of ether oxygens (including phenoxy) is 1. The van der Waals surface area contributed by atoms with Crippen molar-refractivity contribution in [1.82, 2.24) is 4.57 Å². The van der Waals surface area contributed by atoms with Crippen LogP contribution < -0.4 is 5.56 Å². The van der Waals surface area contributed by atoms with Gasteiger partial charge in [0.1, 0.15) is 11.4 Å². The SMILES string of the molecule is CCOC(=O)CCn1c(C(=O)O)cc(O)cc1=O. The summed E-state index contributed by atoms with van der Waals surface area (Å²) in [5, 5.41) is 18.1. The average molecular weight is 255 g/mol. The Hall–Kier alpha value is -2.31. The maximum absolute atomic E-state index is 11.5. The second kappa shape index (κ2) is 5.85. The Morgan fingerprint density at radius 3 is 2.61 bits per heavy atom. The number of pyridine rings is 1. The van der Waals surface area contributed by atoms with E-state index in [2.05, 4.69) is 4.74 Å². The van der Waals surface area contributed by atoms with Gasteiger partial charge in [-0.2, -0.15) is 0 Å². The largest absolute Gasteiger partial charge is 0.508 e. The van der Waals surface area contributed by atoms with E-state index in [9.17, 15) is 14.4 Å². The Kier molecular flexibility index (Phi) is 4.47. The molecule has 1 aromatic rings. The van der Waals surface area contributed by atoms with Crippen molar-refractivity contribution in [1.29, 1.82) is 0 Å². The summed E-state index contributed by atoms with van der Waals surface area (Å²) < 4.78 is 5.58. The molecule has 1 rings (SSSR count). The average Bonchev–Trinajstić information content (AvgIpc) is 2.27. The molecule has 0 amide bonds. The van der Waals surface area contributed by atoms with Crippen molar-refractivity contribution in [2.75, 3.05) is 6.61 Å². The van der Waals surface area contributed by atoms with Crippen LogP contribution >= 0.6 is 0 Å². The van der Waals surface area contributed by atoms with E-state index in [1.165, 1.54) is 0 Å². The second-order valence-electron chi connectivity index (χ2n) is 3.45. The summed E-state index contributed by atoms with van der Waals surface area (Å²) in [5.74, 6) is -2.30. The van der Waals surface area contributed by atoms with Crippen molar-refractivity contribution >= 4 is 11.9 Å². The van der Waals surface area contributed by atoms with Gasteiger partial charge in [-0.3, -0.25) is 9.59 Å². The molecule has 2 N–H and O–H groups in total. The lowest BCUT2D eigenvalue weighted by molar-refractivity contribution is -0.143. The maximum Gasteiger partial charge on any atom is 0.352 e. The van der Waals surface area contributed by atoms with E-state index < -0.39 is 23.2 Å². The third-order valence-electron chi connectivity index (χ3n) is 2.18. The van der Waals surface area contributed by atoms with Gasteiger partial charge >= 0.3 is 11.9 Å². The van der Waals surface area contributed by atoms with E-state index in [0.717, 1.165) is 16.7 Å². The molecule has 7 nitrogen and oxygen atoms in total. The number of aromatic carboxylic acids is 1. The van der Waals surface area contributed by atoms with Gasteiger partial charge < -0.3 is 19.5 Å². The number of nitrogens with zero attached hydrogens (tertiary/aromatic N) is 1. The topological polar surface area (TPSA) is 106 Å². The number of rotatable bonds is 5. The summed E-state index contributed by atoms with van der Waals surface area (Å²) in [5.41, 5.74) is -1.05. The summed E-state index contributed by atoms with van der Waals surface area (Å²) in [6, 6.07) is 1.84. The van der Waals surface area contributed by atoms with Crippen LogP contribution in [0.1, 0.15) is 23.8 Å². The second-order valence-corrected chi connectivity index (χ2v) is 3.45. The first-order chi connectivity index (χ1) is 8.45. The molecule has 0 spiro atoms. The van der Waals surface area contributed by atoms with E-state index in [0.29, 0.717) is 0 Å². The van der Waals surface area contributed by atoms with E-state index in [1.54, 1.807) is 6.92 Å². The van der Waals surface area contributed by atoms with Crippen molar-refractivity contribution in [2.24, 2.45) is 0 Å². The maximum atomic E-state index is 11.5. The van der Waals surface area contributed by atoms with Crippen LogP contribution in [0, 0.1) is 0 Å². The minimum atomic E-state index is -1.35. The summed E-state index contributed by atoms with van der Waals surface area (Å²) in [6.07, 6.45) is -0.112. The number of carbonyl (C=O) groups is 2. The first-order valence-corrected chi connectivity index (χ1v) is 5.28. The van der Waals surface area contributed by atoms with Crippen molar-refractivity contribution in [3.63, 3.8) is 0 Å². The molecule has 0 aliphatic rings. The zero-order valence-electron chi connectivity index (χ0n) is 9.75. The molecule has 0 aliphatic heterocycles. The molecule has 1 heterocycles. The molecule has 18 heavy (non-hydrogen) atoms. The van der Waals surface area contributed by atoms with Crippen LogP contribution in [0.25, 0.3) is 0 Å². The first-order valence-electron chi connectivity index (χ1n) is 5.28. The monoisotopic (exact) mass is 255 g/mol. The number of hydrogen-bond acceptors (Lipinski definition) is 5. The number of esters is 1. The number of aromatic hydroxyl groups is 1. The smallest absolute Gasteiger partial charge is 0.352 e. The van der Waals surface area contributed by atoms with Crippen molar-refractivity contribution in [3.8, 4) is 5.75 Å². The van der Waals surface area contributed by atoms with Gasteiger partial charge in [0.2, 0.25) is 0 Å². The molecule has 0 aliphatic carbocycles. The molecule has 7 heteroatoms. The minimum absolute atomic E-state index is 0.112. The van der Waals surface area contributed by atoms with Crippen molar-refractivity contribution < 1.29 is 24.5 Å². The van der Waals surface area contributed by atoms with Gasteiger partial charge in [-0.1, -0.05) is 0 Å². The van der Waals surface area contributed by atoms with E-state index >= 15 is 0 Å². The van der Waals surface area contributed by atoms with Gasteiger partial charge in [0.05, 0.1) is 13.0 Å². The van der Waals surface area contributed by atoms with Gasteiger partial charge in [-0.25, -0.2) is 4.79 Å². The summed E-state index contributed by atoms with van der Waals surface area (Å²) >= 11 is 0. The Balaban J connectivity index is 2.97. The van der Waals surface area contributed by atoms with Crippen LogP contribution in [0.5, 0.6) is 5.75 Å². The Morgan fingerprint density at radius 2 is 2.06 bits per heavy atom.